The van der Waals surface area contributed by atoms with Gasteiger partial charge in [0.05, 0.1) is 0 Å². The molecule has 2 rings (SSSR count). The molecule has 7 heteroatoms. The lowest BCUT2D eigenvalue weighted by Gasteiger charge is -2.51. The molecule has 0 radical (unpaired) electrons. The molecule has 0 aliphatic carbocycles. The van der Waals surface area contributed by atoms with Crippen molar-refractivity contribution in [2.75, 3.05) is 0 Å². The first-order chi connectivity index (χ1) is 12.0. The Morgan fingerprint density at radius 1 is 1.23 bits per heavy atom. The van der Waals surface area contributed by atoms with Crippen LogP contribution in [0.4, 0.5) is 4.39 Å². The van der Waals surface area contributed by atoms with Gasteiger partial charge in [0.2, 0.25) is 0 Å². The highest BCUT2D eigenvalue weighted by molar-refractivity contribution is 6.09. The number of carboxylic acids is 2. The fourth-order valence-electron chi connectivity index (χ4n) is 4.32. The summed E-state index contributed by atoms with van der Waals surface area (Å²) in [5.74, 6) is -4.11. The average molecular weight is 364 g/mol. The molecule has 0 bridgehead atoms. The minimum atomic E-state index is -1.62. The summed E-state index contributed by atoms with van der Waals surface area (Å²) in [6.45, 7) is 6.74. The summed E-state index contributed by atoms with van der Waals surface area (Å²) in [6, 6.07) is 5.27. The zero-order valence-electron chi connectivity index (χ0n) is 15.4. The third-order valence-corrected chi connectivity index (χ3v) is 5.61. The summed E-state index contributed by atoms with van der Waals surface area (Å²) in [4.78, 5) is 29.1. The van der Waals surface area contributed by atoms with Crippen LogP contribution < -0.4 is 5.73 Å². The Hall–Kier alpha value is -2.28. The molecule has 1 aliphatic rings. The van der Waals surface area contributed by atoms with Crippen molar-refractivity contribution < 1.29 is 24.2 Å². The smallest absolute Gasteiger partial charge is 0.315 e. The van der Waals surface area contributed by atoms with Crippen LogP contribution in [0.1, 0.15) is 45.6 Å². The predicted molar refractivity (Wildman–Crippen MR) is 95.5 cm³/mol. The molecule has 1 aromatic carbocycles. The van der Waals surface area contributed by atoms with Crippen LogP contribution in [-0.4, -0.2) is 34.0 Å². The van der Waals surface area contributed by atoms with E-state index in [4.69, 9.17) is 5.73 Å². The molecule has 0 saturated heterocycles. The van der Waals surface area contributed by atoms with Crippen molar-refractivity contribution in [3.8, 4) is 0 Å². The highest BCUT2D eigenvalue weighted by Crippen LogP contribution is 2.56. The van der Waals surface area contributed by atoms with E-state index < -0.39 is 40.7 Å². The minimum absolute atomic E-state index is 0.0866. The van der Waals surface area contributed by atoms with Gasteiger partial charge in [0.25, 0.3) is 0 Å². The third kappa shape index (κ3) is 2.70. The first kappa shape index (κ1) is 20.0. The van der Waals surface area contributed by atoms with Crippen molar-refractivity contribution in [2.24, 2.45) is 27.5 Å². The van der Waals surface area contributed by atoms with E-state index in [1.165, 1.54) is 31.2 Å². The molecule has 0 fully saturated rings. The molecular weight excluding hydrogens is 339 g/mol. The van der Waals surface area contributed by atoms with Crippen LogP contribution in [0.5, 0.6) is 0 Å². The molecule has 6 nitrogen and oxygen atoms in total. The first-order valence-electron chi connectivity index (χ1n) is 8.59. The van der Waals surface area contributed by atoms with Gasteiger partial charge in [-0.05, 0) is 37.0 Å². The van der Waals surface area contributed by atoms with E-state index in [2.05, 4.69) is 4.99 Å². The van der Waals surface area contributed by atoms with E-state index in [-0.39, 0.29) is 12.3 Å². The number of aliphatic imine (C=N–C) groups is 1. The van der Waals surface area contributed by atoms with Crippen molar-refractivity contribution in [1.29, 1.82) is 0 Å². The molecule has 26 heavy (non-hydrogen) atoms. The van der Waals surface area contributed by atoms with Crippen LogP contribution in [0.15, 0.2) is 29.3 Å². The van der Waals surface area contributed by atoms with E-state index in [0.29, 0.717) is 11.3 Å². The van der Waals surface area contributed by atoms with Gasteiger partial charge in [0.1, 0.15) is 22.8 Å². The number of carboxylic acid groups (broad SMARTS) is 2. The van der Waals surface area contributed by atoms with Crippen LogP contribution in [0.25, 0.3) is 0 Å². The Kier molecular flexibility index (Phi) is 5.24. The van der Waals surface area contributed by atoms with Gasteiger partial charge in [-0.2, -0.15) is 0 Å². The second-order valence-corrected chi connectivity index (χ2v) is 7.31. The quantitative estimate of drug-likeness (QED) is 0.743. The molecule has 142 valence electrons. The van der Waals surface area contributed by atoms with Gasteiger partial charge >= 0.3 is 11.9 Å². The molecule has 4 unspecified atom stereocenters. The Balaban J connectivity index is 2.91. The third-order valence-electron chi connectivity index (χ3n) is 5.61. The summed E-state index contributed by atoms with van der Waals surface area (Å²) in [5.41, 5.74) is 3.75. The maximum absolute atomic E-state index is 13.4. The summed E-state index contributed by atoms with van der Waals surface area (Å²) in [7, 11) is 0. The zero-order chi connectivity index (χ0) is 19.9. The number of nitrogens with two attached hydrogens (primary N) is 1. The normalized spacial score (nSPS) is 31.6. The number of rotatable bonds is 5. The molecule has 1 heterocycles. The van der Waals surface area contributed by atoms with Crippen LogP contribution in [-0.2, 0) is 9.59 Å². The molecule has 4 atom stereocenters. The molecule has 1 aromatic rings. The number of nitrogens with zero attached hydrogens (tertiary/aromatic N) is 1. The maximum Gasteiger partial charge on any atom is 0.315 e. The van der Waals surface area contributed by atoms with Gasteiger partial charge in [-0.3, -0.25) is 14.6 Å². The highest BCUT2D eigenvalue weighted by atomic mass is 19.1. The molecule has 0 saturated carbocycles. The first-order valence-corrected chi connectivity index (χ1v) is 8.59. The van der Waals surface area contributed by atoms with Crippen molar-refractivity contribution in [1.82, 2.24) is 0 Å². The minimum Gasteiger partial charge on any atom is -0.481 e. The Labute approximate surface area is 151 Å². The fraction of sp³-hybridized carbons (Fsp3) is 0.526. The molecule has 0 amide bonds. The van der Waals surface area contributed by atoms with Crippen LogP contribution in [0.3, 0.4) is 0 Å². The monoisotopic (exact) mass is 364 g/mol. The number of halogens is 1. The van der Waals surface area contributed by atoms with E-state index >= 15 is 0 Å². The van der Waals surface area contributed by atoms with E-state index in [0.717, 1.165) is 0 Å². The zero-order valence-corrected chi connectivity index (χ0v) is 15.4. The highest BCUT2D eigenvalue weighted by Gasteiger charge is 2.64. The SMILES string of the molecule is CCC1(C(=O)O)C(N)N=C(C(C)C)C(C)(C(=O)O)C1c1ccc(F)cc1. The second kappa shape index (κ2) is 6.79. The number of carbonyl (C=O) groups is 2. The Morgan fingerprint density at radius 2 is 1.77 bits per heavy atom. The average Bonchev–Trinajstić information content (AvgIpc) is 2.56. The molecule has 1 aliphatic heterocycles. The molecule has 0 spiro atoms. The lowest BCUT2D eigenvalue weighted by Crippen LogP contribution is -2.62. The van der Waals surface area contributed by atoms with Crippen molar-refractivity contribution in [2.45, 2.75) is 46.2 Å². The van der Waals surface area contributed by atoms with Crippen LogP contribution in [0, 0.1) is 22.6 Å². The van der Waals surface area contributed by atoms with Crippen LogP contribution >= 0.6 is 0 Å². The Bertz CT molecular complexity index is 746. The van der Waals surface area contributed by atoms with Crippen molar-refractivity contribution in [3.05, 3.63) is 35.6 Å². The fourth-order valence-corrected chi connectivity index (χ4v) is 4.32. The van der Waals surface area contributed by atoms with E-state index in [1.54, 1.807) is 20.8 Å². The number of hydrogen-bond acceptors (Lipinski definition) is 4. The molecule has 4 N–H and O–H groups in total. The topological polar surface area (TPSA) is 113 Å². The maximum atomic E-state index is 13.4. The number of hydrogen-bond donors (Lipinski definition) is 3. The second-order valence-electron chi connectivity index (χ2n) is 7.31. The van der Waals surface area contributed by atoms with Gasteiger partial charge in [-0.25, -0.2) is 4.39 Å². The summed E-state index contributed by atoms with van der Waals surface area (Å²) >= 11 is 0. The van der Waals surface area contributed by atoms with E-state index in [1.807, 2.05) is 0 Å². The standard InChI is InChI=1S/C19H25FN2O4/c1-5-19(17(25)26)13(11-6-8-12(20)9-7-11)18(4,16(23)24)14(10(2)3)22-15(19)21/h6-10,13,15H,5,21H2,1-4H3,(H,23,24)(H,25,26). The predicted octanol–water partition coefficient (Wildman–Crippen LogP) is 2.88. The largest absolute Gasteiger partial charge is 0.481 e. The van der Waals surface area contributed by atoms with Gasteiger partial charge in [0.15, 0.2) is 0 Å². The summed E-state index contributed by atoms with van der Waals surface area (Å²) in [5, 5.41) is 20.2. The van der Waals surface area contributed by atoms with Crippen molar-refractivity contribution >= 4 is 17.7 Å². The lowest BCUT2D eigenvalue weighted by atomic mass is 9.53. The van der Waals surface area contributed by atoms with Gasteiger partial charge < -0.3 is 15.9 Å². The summed E-state index contributed by atoms with van der Waals surface area (Å²) < 4.78 is 13.4. The number of benzene rings is 1. The lowest BCUT2D eigenvalue weighted by molar-refractivity contribution is -0.159. The van der Waals surface area contributed by atoms with E-state index in [9.17, 15) is 24.2 Å². The van der Waals surface area contributed by atoms with Crippen LogP contribution in [0.2, 0.25) is 0 Å². The van der Waals surface area contributed by atoms with Crippen molar-refractivity contribution in [3.63, 3.8) is 0 Å². The molecule has 0 aromatic heterocycles. The Morgan fingerprint density at radius 3 is 2.15 bits per heavy atom. The van der Waals surface area contributed by atoms with Gasteiger partial charge in [-0.15, -0.1) is 0 Å². The van der Waals surface area contributed by atoms with Gasteiger partial charge in [0, 0.05) is 11.6 Å². The summed E-state index contributed by atoms with van der Waals surface area (Å²) in [6.07, 6.45) is -1.02. The number of aliphatic carboxylic acids is 2. The van der Waals surface area contributed by atoms with Gasteiger partial charge in [-0.1, -0.05) is 32.9 Å². The molecular formula is C19H25FN2O4.